The number of ether oxygens (including phenoxy) is 1. The largest absolute Gasteiger partial charge is 0.480 e. The molecule has 1 aromatic heterocycles. The molecular weight excluding hydrogens is 290 g/mol. The van der Waals surface area contributed by atoms with Gasteiger partial charge in [-0.1, -0.05) is 12.1 Å². The number of carboxylic acid groups (broad SMARTS) is 1. The average molecular weight is 311 g/mol. The van der Waals surface area contributed by atoms with Crippen LogP contribution < -0.4 is 0 Å². The molecule has 1 atom stereocenters. The molecule has 1 aliphatic heterocycles. The van der Waals surface area contributed by atoms with Crippen LogP contribution in [0.25, 0.3) is 0 Å². The van der Waals surface area contributed by atoms with Gasteiger partial charge in [-0.25, -0.2) is 4.79 Å². The number of carbonyl (C=O) groups is 2. The maximum Gasteiger partial charge on any atom is 0.328 e. The highest BCUT2D eigenvalue weighted by atomic mass is 16.5. The zero-order valence-electron chi connectivity index (χ0n) is 12.7. The Hall–Kier alpha value is -1.96. The molecule has 0 unspecified atom stereocenters. The Labute approximate surface area is 128 Å². The molecule has 0 aliphatic carbocycles. The predicted octanol–water partition coefficient (Wildman–Crippen LogP) is 0.657. The van der Waals surface area contributed by atoms with Crippen LogP contribution in [0.4, 0.5) is 0 Å². The molecule has 2 rings (SSSR count). The molecule has 0 saturated carbocycles. The second kappa shape index (κ2) is 7.88. The highest BCUT2D eigenvalue weighted by Gasteiger charge is 2.32. The first-order valence-corrected chi connectivity index (χ1v) is 7.53. The van der Waals surface area contributed by atoms with E-state index >= 15 is 0 Å². The third kappa shape index (κ3) is 4.27. The van der Waals surface area contributed by atoms with Gasteiger partial charge in [-0.05, 0) is 12.8 Å². The van der Waals surface area contributed by atoms with E-state index < -0.39 is 12.0 Å². The quantitative estimate of drug-likeness (QED) is 0.788. The van der Waals surface area contributed by atoms with Crippen LogP contribution >= 0.6 is 0 Å². The molecule has 1 fully saturated rings. The smallest absolute Gasteiger partial charge is 0.328 e. The summed E-state index contributed by atoms with van der Waals surface area (Å²) in [7, 11) is 0. The summed E-state index contributed by atoms with van der Waals surface area (Å²) >= 11 is 0. The number of nitrogens with zero attached hydrogens (tertiary/aromatic N) is 3. The van der Waals surface area contributed by atoms with Crippen molar-refractivity contribution in [1.82, 2.24) is 15.0 Å². The Balaban J connectivity index is 1.79. The van der Waals surface area contributed by atoms with Crippen molar-refractivity contribution in [3.63, 3.8) is 0 Å². The number of amides is 1. The van der Waals surface area contributed by atoms with E-state index in [0.717, 1.165) is 12.8 Å². The lowest BCUT2D eigenvalue weighted by Crippen LogP contribution is -2.52. The molecule has 1 N–H and O–H groups in total. The molecule has 22 heavy (non-hydrogen) atoms. The van der Waals surface area contributed by atoms with Crippen LogP contribution in [0.15, 0.2) is 4.52 Å². The molecule has 0 radical (unpaired) electrons. The number of aromatic nitrogens is 2. The summed E-state index contributed by atoms with van der Waals surface area (Å²) in [5.74, 6) is -0.00545. The minimum absolute atomic E-state index is 0.0467. The number of hydrogen-bond acceptors (Lipinski definition) is 6. The Morgan fingerprint density at radius 3 is 2.95 bits per heavy atom. The fourth-order valence-corrected chi connectivity index (χ4v) is 2.36. The number of aryl methyl sites for hydroxylation is 2. The molecule has 0 bridgehead atoms. The maximum absolute atomic E-state index is 12.2. The zero-order chi connectivity index (χ0) is 15.9. The van der Waals surface area contributed by atoms with Gasteiger partial charge >= 0.3 is 5.97 Å². The van der Waals surface area contributed by atoms with Gasteiger partial charge in [0.15, 0.2) is 11.9 Å². The number of rotatable bonds is 7. The first-order chi connectivity index (χ1) is 10.6. The van der Waals surface area contributed by atoms with Crippen molar-refractivity contribution in [2.45, 2.75) is 45.1 Å². The molecule has 0 aromatic carbocycles. The van der Waals surface area contributed by atoms with Crippen LogP contribution in [0.1, 0.15) is 37.9 Å². The Kier molecular flexibility index (Phi) is 5.88. The second-order valence-corrected chi connectivity index (χ2v) is 5.22. The van der Waals surface area contributed by atoms with Crippen molar-refractivity contribution >= 4 is 11.9 Å². The molecule has 1 aromatic rings. The third-order valence-electron chi connectivity index (χ3n) is 3.50. The van der Waals surface area contributed by atoms with E-state index in [9.17, 15) is 9.59 Å². The van der Waals surface area contributed by atoms with Crippen molar-refractivity contribution in [3.05, 3.63) is 11.7 Å². The van der Waals surface area contributed by atoms with Crippen LogP contribution in [0, 0.1) is 0 Å². The molecule has 8 heteroatoms. The van der Waals surface area contributed by atoms with Crippen LogP contribution in [-0.4, -0.2) is 57.8 Å². The number of hydrogen-bond donors (Lipinski definition) is 1. The number of aliphatic carboxylic acids is 1. The minimum Gasteiger partial charge on any atom is -0.480 e. The first kappa shape index (κ1) is 16.4. The lowest BCUT2D eigenvalue weighted by molar-refractivity contribution is -0.158. The number of carbonyl (C=O) groups excluding carboxylic acids is 1. The fourth-order valence-electron chi connectivity index (χ4n) is 2.36. The topological polar surface area (TPSA) is 106 Å². The van der Waals surface area contributed by atoms with Crippen molar-refractivity contribution in [2.75, 3.05) is 19.8 Å². The van der Waals surface area contributed by atoms with Gasteiger partial charge in [-0.2, -0.15) is 4.98 Å². The van der Waals surface area contributed by atoms with Gasteiger partial charge in [-0.15, -0.1) is 0 Å². The summed E-state index contributed by atoms with van der Waals surface area (Å²) in [6, 6.07) is -0.888. The van der Waals surface area contributed by atoms with E-state index in [1.807, 2.05) is 6.92 Å². The van der Waals surface area contributed by atoms with Crippen LogP contribution in [-0.2, 0) is 27.2 Å². The highest BCUT2D eigenvalue weighted by molar-refractivity contribution is 5.83. The standard InChI is InChI=1S/C14H21N3O5/c1-2-4-11-15-12(22-16-11)5-3-6-13(18)17-7-8-21-9-10(17)14(19)20/h10H,2-9H2,1H3,(H,19,20)/t10-/m0/s1. The minimum atomic E-state index is -1.03. The lowest BCUT2D eigenvalue weighted by Gasteiger charge is -2.32. The predicted molar refractivity (Wildman–Crippen MR) is 75.2 cm³/mol. The first-order valence-electron chi connectivity index (χ1n) is 7.53. The van der Waals surface area contributed by atoms with E-state index in [1.54, 1.807) is 0 Å². The van der Waals surface area contributed by atoms with Gasteiger partial charge in [0.05, 0.1) is 13.2 Å². The molecule has 1 amide bonds. The summed E-state index contributed by atoms with van der Waals surface area (Å²) in [5.41, 5.74) is 0. The zero-order valence-corrected chi connectivity index (χ0v) is 12.7. The van der Waals surface area contributed by atoms with E-state index in [4.69, 9.17) is 14.4 Å². The van der Waals surface area contributed by atoms with Crippen LogP contribution in [0.2, 0.25) is 0 Å². The van der Waals surface area contributed by atoms with E-state index in [2.05, 4.69) is 10.1 Å². The van der Waals surface area contributed by atoms with E-state index in [-0.39, 0.29) is 18.9 Å². The van der Waals surface area contributed by atoms with Gasteiger partial charge < -0.3 is 19.3 Å². The van der Waals surface area contributed by atoms with Crippen molar-refractivity contribution in [1.29, 1.82) is 0 Å². The SMILES string of the molecule is CCCc1noc(CCCC(=O)N2CCOC[C@H]2C(=O)O)n1. The molecule has 1 saturated heterocycles. The number of morpholine rings is 1. The Bertz CT molecular complexity index is 516. The molecule has 122 valence electrons. The third-order valence-corrected chi connectivity index (χ3v) is 3.50. The number of carboxylic acids is 1. The molecular formula is C14H21N3O5. The summed E-state index contributed by atoms with van der Waals surface area (Å²) in [6.07, 6.45) is 3.05. The average Bonchev–Trinajstić information content (AvgIpc) is 2.95. The molecule has 1 aliphatic rings. The van der Waals surface area contributed by atoms with E-state index in [0.29, 0.717) is 37.7 Å². The van der Waals surface area contributed by atoms with Crippen molar-refractivity contribution < 1.29 is 24.0 Å². The molecule has 2 heterocycles. The summed E-state index contributed by atoms with van der Waals surface area (Å²) in [5, 5.41) is 13.0. The molecule has 0 spiro atoms. The van der Waals surface area contributed by atoms with Crippen molar-refractivity contribution in [2.24, 2.45) is 0 Å². The van der Waals surface area contributed by atoms with Gasteiger partial charge in [0.1, 0.15) is 0 Å². The Morgan fingerprint density at radius 1 is 1.41 bits per heavy atom. The van der Waals surface area contributed by atoms with Gasteiger partial charge in [0, 0.05) is 25.8 Å². The Morgan fingerprint density at radius 2 is 2.23 bits per heavy atom. The van der Waals surface area contributed by atoms with Crippen LogP contribution in [0.3, 0.4) is 0 Å². The monoisotopic (exact) mass is 311 g/mol. The summed E-state index contributed by atoms with van der Waals surface area (Å²) in [6.45, 7) is 2.78. The summed E-state index contributed by atoms with van der Waals surface area (Å²) < 4.78 is 10.2. The van der Waals surface area contributed by atoms with Crippen LogP contribution in [0.5, 0.6) is 0 Å². The molecule has 8 nitrogen and oxygen atoms in total. The van der Waals surface area contributed by atoms with E-state index in [1.165, 1.54) is 4.90 Å². The van der Waals surface area contributed by atoms with Gasteiger partial charge in [0.25, 0.3) is 0 Å². The van der Waals surface area contributed by atoms with Crippen molar-refractivity contribution in [3.8, 4) is 0 Å². The lowest BCUT2D eigenvalue weighted by atomic mass is 10.1. The van der Waals surface area contributed by atoms with Gasteiger partial charge in [-0.3, -0.25) is 4.79 Å². The highest BCUT2D eigenvalue weighted by Crippen LogP contribution is 2.12. The fraction of sp³-hybridized carbons (Fsp3) is 0.714. The second-order valence-electron chi connectivity index (χ2n) is 5.22. The maximum atomic E-state index is 12.2. The normalized spacial score (nSPS) is 18.4. The van der Waals surface area contributed by atoms with Gasteiger partial charge in [0.2, 0.25) is 11.8 Å². The summed E-state index contributed by atoms with van der Waals surface area (Å²) in [4.78, 5) is 28.9.